The van der Waals surface area contributed by atoms with Crippen molar-refractivity contribution in [3.63, 3.8) is 0 Å². The van der Waals surface area contributed by atoms with Gasteiger partial charge in [-0.2, -0.15) is 0 Å². The molecule has 23 heavy (non-hydrogen) atoms. The molecule has 1 amide bonds. The number of halogens is 1. The van der Waals surface area contributed by atoms with Crippen LogP contribution in [0.3, 0.4) is 0 Å². The number of aliphatic carboxylic acids is 1. The van der Waals surface area contributed by atoms with Gasteiger partial charge in [-0.15, -0.1) is 0 Å². The smallest absolute Gasteiger partial charge is 0.330 e. The number of aromatic nitrogens is 1. The van der Waals surface area contributed by atoms with Gasteiger partial charge < -0.3 is 14.9 Å². The van der Waals surface area contributed by atoms with Crippen LogP contribution in [0.15, 0.2) is 34.9 Å². The van der Waals surface area contributed by atoms with Crippen molar-refractivity contribution in [2.75, 3.05) is 0 Å². The third-order valence-corrected chi connectivity index (χ3v) is 3.46. The summed E-state index contributed by atoms with van der Waals surface area (Å²) in [6.07, 6.45) is 0. The lowest BCUT2D eigenvalue weighted by Gasteiger charge is -2.14. The Morgan fingerprint density at radius 2 is 1.87 bits per heavy atom. The molecule has 1 aromatic heterocycles. The number of nitrogens with zero attached hydrogens (tertiary/aromatic N) is 1. The lowest BCUT2D eigenvalue weighted by molar-refractivity contribution is -0.139. The molecule has 6 nitrogen and oxygen atoms in total. The molecular weight excluding hydrogens is 320 g/mol. The molecule has 7 heteroatoms. The third kappa shape index (κ3) is 4.10. The monoisotopic (exact) mass is 336 g/mol. The number of hydrogen-bond donors (Lipinski definition) is 2. The van der Waals surface area contributed by atoms with Gasteiger partial charge in [0.05, 0.1) is 0 Å². The highest BCUT2D eigenvalue weighted by Crippen LogP contribution is 2.23. The van der Waals surface area contributed by atoms with Gasteiger partial charge in [0.1, 0.15) is 5.76 Å². The van der Waals surface area contributed by atoms with Crippen LogP contribution in [0.25, 0.3) is 0 Å². The minimum Gasteiger partial charge on any atom is -0.479 e. The van der Waals surface area contributed by atoms with Gasteiger partial charge in [-0.3, -0.25) is 4.79 Å². The number of benzene rings is 1. The summed E-state index contributed by atoms with van der Waals surface area (Å²) < 4.78 is 5.14. The second-order valence-corrected chi connectivity index (χ2v) is 6.56. The van der Waals surface area contributed by atoms with Crippen LogP contribution in [0.4, 0.5) is 0 Å². The summed E-state index contributed by atoms with van der Waals surface area (Å²) in [6, 6.07) is 6.53. The third-order valence-electron chi connectivity index (χ3n) is 3.21. The number of carbonyl (C=O) groups is 2. The summed E-state index contributed by atoms with van der Waals surface area (Å²) in [6.45, 7) is 5.76. The number of carboxylic acid groups (broad SMARTS) is 1. The van der Waals surface area contributed by atoms with Crippen LogP contribution in [0.2, 0.25) is 5.02 Å². The summed E-state index contributed by atoms with van der Waals surface area (Å²) in [5, 5.41) is 15.9. The Labute approximate surface area is 138 Å². The summed E-state index contributed by atoms with van der Waals surface area (Å²) in [7, 11) is 0. The van der Waals surface area contributed by atoms with E-state index in [2.05, 4.69) is 10.5 Å². The van der Waals surface area contributed by atoms with Crippen molar-refractivity contribution in [2.24, 2.45) is 0 Å². The van der Waals surface area contributed by atoms with Gasteiger partial charge in [0.25, 0.3) is 5.91 Å². The van der Waals surface area contributed by atoms with Crippen LogP contribution in [0, 0.1) is 0 Å². The maximum atomic E-state index is 12.2. The Bertz CT molecular complexity index is 716. The Hall–Kier alpha value is -2.34. The first-order valence-electron chi connectivity index (χ1n) is 6.95. The molecule has 0 saturated carbocycles. The second kappa shape index (κ2) is 6.42. The van der Waals surface area contributed by atoms with Crippen molar-refractivity contribution in [3.05, 3.63) is 52.4 Å². The lowest BCUT2D eigenvalue weighted by atomic mass is 9.93. The van der Waals surface area contributed by atoms with E-state index in [1.807, 2.05) is 20.8 Å². The van der Waals surface area contributed by atoms with Gasteiger partial charge in [0.15, 0.2) is 11.7 Å². The Kier molecular flexibility index (Phi) is 4.75. The molecule has 2 aromatic rings. The van der Waals surface area contributed by atoms with Crippen LogP contribution in [-0.2, 0) is 10.2 Å². The van der Waals surface area contributed by atoms with E-state index in [0.717, 1.165) is 0 Å². The number of rotatable bonds is 4. The second-order valence-electron chi connectivity index (χ2n) is 6.12. The van der Waals surface area contributed by atoms with Crippen molar-refractivity contribution >= 4 is 23.5 Å². The molecule has 0 aliphatic carbocycles. The largest absolute Gasteiger partial charge is 0.479 e. The van der Waals surface area contributed by atoms with E-state index >= 15 is 0 Å². The van der Waals surface area contributed by atoms with E-state index in [-0.39, 0.29) is 11.1 Å². The maximum absolute atomic E-state index is 12.2. The summed E-state index contributed by atoms with van der Waals surface area (Å²) in [5.74, 6) is -1.26. The summed E-state index contributed by atoms with van der Waals surface area (Å²) in [4.78, 5) is 23.6. The van der Waals surface area contributed by atoms with Crippen LogP contribution in [-0.4, -0.2) is 22.1 Å². The number of carboxylic acids is 1. The Morgan fingerprint density at radius 1 is 1.26 bits per heavy atom. The van der Waals surface area contributed by atoms with Gasteiger partial charge in [0, 0.05) is 16.5 Å². The number of carbonyl (C=O) groups excluding carboxylic acids is 1. The molecule has 1 unspecified atom stereocenters. The van der Waals surface area contributed by atoms with Gasteiger partial charge in [-0.05, 0) is 17.7 Å². The van der Waals surface area contributed by atoms with Crippen LogP contribution in [0.1, 0.15) is 48.6 Å². The maximum Gasteiger partial charge on any atom is 0.330 e. The molecule has 0 bridgehead atoms. The summed E-state index contributed by atoms with van der Waals surface area (Å²) >= 11 is 5.79. The van der Waals surface area contributed by atoms with Crippen LogP contribution < -0.4 is 5.32 Å². The SMILES string of the molecule is CC(C)(C)c1cc(C(=O)NC(C(=O)O)c2ccc(Cl)cc2)no1. The first-order chi connectivity index (χ1) is 10.7. The molecular formula is C16H17ClN2O4. The van der Waals surface area contributed by atoms with Gasteiger partial charge in [-0.1, -0.05) is 49.7 Å². The zero-order valence-electron chi connectivity index (χ0n) is 13.0. The highest BCUT2D eigenvalue weighted by atomic mass is 35.5. The van der Waals surface area contributed by atoms with Gasteiger partial charge in [0.2, 0.25) is 0 Å². The van der Waals surface area contributed by atoms with Gasteiger partial charge in [-0.25, -0.2) is 4.79 Å². The molecule has 1 aromatic carbocycles. The fourth-order valence-corrected chi connectivity index (χ4v) is 2.01. The fraction of sp³-hybridized carbons (Fsp3) is 0.312. The fourth-order valence-electron chi connectivity index (χ4n) is 1.88. The van der Waals surface area contributed by atoms with Crippen LogP contribution in [0.5, 0.6) is 0 Å². The Morgan fingerprint density at radius 3 is 2.35 bits per heavy atom. The zero-order chi connectivity index (χ0) is 17.2. The molecule has 2 N–H and O–H groups in total. The quantitative estimate of drug-likeness (QED) is 0.894. The molecule has 2 rings (SSSR count). The van der Waals surface area contributed by atoms with Crippen molar-refractivity contribution in [1.82, 2.24) is 10.5 Å². The van der Waals surface area contributed by atoms with Crippen molar-refractivity contribution in [1.29, 1.82) is 0 Å². The van der Waals surface area contributed by atoms with E-state index in [1.54, 1.807) is 24.3 Å². The molecule has 0 radical (unpaired) electrons. The Balaban J connectivity index is 2.20. The van der Waals surface area contributed by atoms with Crippen LogP contribution >= 0.6 is 11.6 Å². The van der Waals surface area contributed by atoms with E-state index in [4.69, 9.17) is 16.1 Å². The number of hydrogen-bond acceptors (Lipinski definition) is 4. The highest BCUT2D eigenvalue weighted by Gasteiger charge is 2.26. The standard InChI is InChI=1S/C16H17ClN2O4/c1-16(2,3)12-8-11(19-23-12)14(20)18-13(15(21)22)9-4-6-10(17)7-5-9/h4-8,13H,1-3H3,(H,18,20)(H,21,22). The average molecular weight is 337 g/mol. The predicted octanol–water partition coefficient (Wildman–Crippen LogP) is 3.18. The number of amides is 1. The normalized spacial score (nSPS) is 12.7. The highest BCUT2D eigenvalue weighted by molar-refractivity contribution is 6.30. The first-order valence-corrected chi connectivity index (χ1v) is 7.32. The minimum atomic E-state index is -1.20. The number of nitrogens with one attached hydrogen (secondary N) is 1. The summed E-state index contributed by atoms with van der Waals surface area (Å²) in [5.41, 5.74) is 0.151. The van der Waals surface area contributed by atoms with E-state index in [9.17, 15) is 14.7 Å². The van der Waals surface area contributed by atoms with Gasteiger partial charge >= 0.3 is 5.97 Å². The molecule has 0 spiro atoms. The lowest BCUT2D eigenvalue weighted by Crippen LogP contribution is -2.33. The molecule has 0 aliphatic heterocycles. The molecule has 1 atom stereocenters. The molecule has 0 saturated heterocycles. The topological polar surface area (TPSA) is 92.4 Å². The molecule has 0 aliphatic rings. The first kappa shape index (κ1) is 17.0. The minimum absolute atomic E-state index is 0.0372. The van der Waals surface area contributed by atoms with Crippen molar-refractivity contribution in [3.8, 4) is 0 Å². The van der Waals surface area contributed by atoms with E-state index < -0.39 is 17.9 Å². The van der Waals surface area contributed by atoms with E-state index in [1.165, 1.54) is 6.07 Å². The molecule has 1 heterocycles. The zero-order valence-corrected chi connectivity index (χ0v) is 13.7. The molecule has 122 valence electrons. The predicted molar refractivity (Wildman–Crippen MR) is 84.5 cm³/mol. The molecule has 0 fully saturated rings. The van der Waals surface area contributed by atoms with Crippen molar-refractivity contribution in [2.45, 2.75) is 32.2 Å². The van der Waals surface area contributed by atoms with E-state index in [0.29, 0.717) is 16.3 Å². The van der Waals surface area contributed by atoms with Crippen molar-refractivity contribution < 1.29 is 19.2 Å². The average Bonchev–Trinajstić information content (AvgIpc) is 2.95.